The molecule has 0 aliphatic rings. The van der Waals surface area contributed by atoms with Crippen molar-refractivity contribution in [3.8, 4) is 5.75 Å². The van der Waals surface area contributed by atoms with Gasteiger partial charge in [-0.15, -0.1) is 23.2 Å². The summed E-state index contributed by atoms with van der Waals surface area (Å²) in [6.45, 7) is 3.89. The maximum Gasteiger partial charge on any atom is 0.311 e. The van der Waals surface area contributed by atoms with Crippen LogP contribution >= 0.6 is 23.2 Å². The van der Waals surface area contributed by atoms with Crippen molar-refractivity contribution in [2.24, 2.45) is 0 Å². The number of carbonyl (C=O) groups is 1. The van der Waals surface area contributed by atoms with E-state index in [4.69, 9.17) is 27.9 Å². The standard InChI is InChI=1S/C15H20Cl2N2O4/c1-2-14(20)12-3-4-15(13(11-12)19(21)22)23-10-9-18(7-5-16)8-6-17/h3-4,11H,2,5-10H2,1H3. The fourth-order valence-electron chi connectivity index (χ4n) is 2.02. The Labute approximate surface area is 145 Å². The van der Waals surface area contributed by atoms with Crippen LogP contribution in [0.4, 0.5) is 5.69 Å². The summed E-state index contributed by atoms with van der Waals surface area (Å²) in [5, 5.41) is 11.2. The van der Waals surface area contributed by atoms with Crippen molar-refractivity contribution in [2.45, 2.75) is 13.3 Å². The molecule has 6 nitrogen and oxygen atoms in total. The Balaban J connectivity index is 2.75. The summed E-state index contributed by atoms with van der Waals surface area (Å²) in [6, 6.07) is 4.27. The van der Waals surface area contributed by atoms with Crippen LogP contribution in [-0.2, 0) is 0 Å². The van der Waals surface area contributed by atoms with Gasteiger partial charge in [-0.2, -0.15) is 0 Å². The first-order valence-corrected chi connectivity index (χ1v) is 8.39. The van der Waals surface area contributed by atoms with Crippen molar-refractivity contribution in [3.05, 3.63) is 33.9 Å². The van der Waals surface area contributed by atoms with Gasteiger partial charge in [-0.3, -0.25) is 19.8 Å². The molecule has 1 aromatic carbocycles. The van der Waals surface area contributed by atoms with Crippen molar-refractivity contribution in [1.82, 2.24) is 4.90 Å². The number of alkyl halides is 2. The van der Waals surface area contributed by atoms with Gasteiger partial charge in [0.15, 0.2) is 11.5 Å². The third-order valence-corrected chi connectivity index (χ3v) is 3.60. The number of nitro groups is 1. The van der Waals surface area contributed by atoms with Gasteiger partial charge in [-0.1, -0.05) is 6.92 Å². The highest BCUT2D eigenvalue weighted by atomic mass is 35.5. The number of ketones is 1. The molecular weight excluding hydrogens is 343 g/mol. The van der Waals surface area contributed by atoms with E-state index in [1.807, 2.05) is 4.90 Å². The predicted octanol–water partition coefficient (Wildman–Crippen LogP) is 3.35. The van der Waals surface area contributed by atoms with E-state index in [0.29, 0.717) is 43.4 Å². The van der Waals surface area contributed by atoms with Crippen molar-refractivity contribution in [2.75, 3.05) is 38.0 Å². The number of benzene rings is 1. The first-order chi connectivity index (χ1) is 11.0. The lowest BCUT2D eigenvalue weighted by atomic mass is 10.1. The average molecular weight is 363 g/mol. The molecule has 0 N–H and O–H groups in total. The first-order valence-electron chi connectivity index (χ1n) is 7.32. The van der Waals surface area contributed by atoms with E-state index in [1.165, 1.54) is 12.1 Å². The molecular formula is C15H20Cl2N2O4. The SMILES string of the molecule is CCC(=O)c1ccc(OCCN(CCCl)CCCl)c([N+](=O)[O-])c1. The van der Waals surface area contributed by atoms with Crippen LogP contribution in [0.2, 0.25) is 0 Å². The van der Waals surface area contributed by atoms with Gasteiger partial charge in [-0.05, 0) is 12.1 Å². The topological polar surface area (TPSA) is 72.7 Å². The van der Waals surface area contributed by atoms with Crippen LogP contribution in [0.1, 0.15) is 23.7 Å². The Morgan fingerprint density at radius 3 is 2.43 bits per heavy atom. The molecule has 0 saturated heterocycles. The third kappa shape index (κ3) is 6.33. The van der Waals surface area contributed by atoms with Crippen molar-refractivity contribution in [1.29, 1.82) is 0 Å². The van der Waals surface area contributed by atoms with Gasteiger partial charge in [0.1, 0.15) is 6.61 Å². The molecule has 0 atom stereocenters. The lowest BCUT2D eigenvalue weighted by Crippen LogP contribution is -2.32. The smallest absolute Gasteiger partial charge is 0.311 e. The second-order valence-electron chi connectivity index (χ2n) is 4.78. The minimum absolute atomic E-state index is 0.143. The lowest BCUT2D eigenvalue weighted by Gasteiger charge is -2.19. The lowest BCUT2D eigenvalue weighted by molar-refractivity contribution is -0.385. The average Bonchev–Trinajstić information content (AvgIpc) is 2.54. The van der Waals surface area contributed by atoms with E-state index in [0.717, 1.165) is 0 Å². The molecule has 0 heterocycles. The Morgan fingerprint density at radius 1 is 1.26 bits per heavy atom. The zero-order valence-electron chi connectivity index (χ0n) is 13.0. The number of carbonyl (C=O) groups excluding carboxylic acids is 1. The zero-order chi connectivity index (χ0) is 17.2. The van der Waals surface area contributed by atoms with E-state index < -0.39 is 4.92 Å². The molecule has 0 saturated carbocycles. The molecule has 0 spiro atoms. The van der Waals surface area contributed by atoms with Crippen LogP contribution in [0.5, 0.6) is 5.75 Å². The third-order valence-electron chi connectivity index (χ3n) is 3.27. The highest BCUT2D eigenvalue weighted by Gasteiger charge is 2.18. The number of halogens is 2. The molecule has 0 radical (unpaired) electrons. The minimum atomic E-state index is -0.545. The molecule has 0 aliphatic heterocycles. The summed E-state index contributed by atoms with van der Waals surface area (Å²) >= 11 is 11.4. The number of nitro benzene ring substituents is 1. The van der Waals surface area contributed by atoms with E-state index in [2.05, 4.69) is 0 Å². The summed E-state index contributed by atoms with van der Waals surface area (Å²) in [7, 11) is 0. The molecule has 1 aromatic rings. The molecule has 0 fully saturated rings. The second-order valence-corrected chi connectivity index (χ2v) is 5.54. The molecule has 0 bridgehead atoms. The van der Waals surface area contributed by atoms with Gasteiger partial charge in [-0.25, -0.2) is 0 Å². The van der Waals surface area contributed by atoms with Crippen molar-refractivity contribution < 1.29 is 14.5 Å². The monoisotopic (exact) mass is 362 g/mol. The van der Waals surface area contributed by atoms with Crippen LogP contribution < -0.4 is 4.74 Å². The normalized spacial score (nSPS) is 10.8. The number of hydrogen-bond acceptors (Lipinski definition) is 5. The van der Waals surface area contributed by atoms with Crippen LogP contribution in [0.25, 0.3) is 0 Å². The van der Waals surface area contributed by atoms with Gasteiger partial charge in [0.2, 0.25) is 0 Å². The highest BCUT2D eigenvalue weighted by molar-refractivity contribution is 6.18. The number of rotatable bonds is 11. The molecule has 0 amide bonds. The van der Waals surface area contributed by atoms with Gasteiger partial charge in [0, 0.05) is 49.4 Å². The van der Waals surface area contributed by atoms with E-state index in [-0.39, 0.29) is 23.8 Å². The fourth-order valence-corrected chi connectivity index (χ4v) is 2.50. The Bertz CT molecular complexity index is 534. The molecule has 8 heteroatoms. The summed E-state index contributed by atoms with van der Waals surface area (Å²) in [5.41, 5.74) is 0.114. The van der Waals surface area contributed by atoms with Gasteiger partial charge in [0.05, 0.1) is 4.92 Å². The number of Topliss-reactive ketones (excluding diaryl/α,β-unsaturated/α-hetero) is 1. The summed E-state index contributed by atoms with van der Waals surface area (Å²) < 4.78 is 5.51. The molecule has 23 heavy (non-hydrogen) atoms. The number of nitrogens with zero attached hydrogens (tertiary/aromatic N) is 2. The molecule has 1 rings (SSSR count). The molecule has 0 aromatic heterocycles. The highest BCUT2D eigenvalue weighted by Crippen LogP contribution is 2.28. The van der Waals surface area contributed by atoms with Gasteiger partial charge >= 0.3 is 5.69 Å². The first kappa shape index (κ1) is 19.7. The Morgan fingerprint density at radius 2 is 1.91 bits per heavy atom. The van der Waals surface area contributed by atoms with Gasteiger partial charge < -0.3 is 4.74 Å². The largest absolute Gasteiger partial charge is 0.485 e. The summed E-state index contributed by atoms with van der Waals surface area (Å²) in [6.07, 6.45) is 0.295. The van der Waals surface area contributed by atoms with E-state index in [9.17, 15) is 14.9 Å². The maximum atomic E-state index is 11.7. The molecule has 0 unspecified atom stereocenters. The molecule has 0 aliphatic carbocycles. The molecule has 128 valence electrons. The Kier molecular flexibility index (Phi) is 8.91. The summed E-state index contributed by atoms with van der Waals surface area (Å²) in [4.78, 5) is 24.3. The summed E-state index contributed by atoms with van der Waals surface area (Å²) in [5.74, 6) is 0.963. The van der Waals surface area contributed by atoms with E-state index in [1.54, 1.807) is 13.0 Å². The van der Waals surface area contributed by atoms with Crippen LogP contribution in [0.15, 0.2) is 18.2 Å². The van der Waals surface area contributed by atoms with Crippen LogP contribution in [0.3, 0.4) is 0 Å². The van der Waals surface area contributed by atoms with Crippen LogP contribution in [-0.4, -0.2) is 53.6 Å². The van der Waals surface area contributed by atoms with Crippen molar-refractivity contribution >= 4 is 34.7 Å². The fraction of sp³-hybridized carbons (Fsp3) is 0.533. The minimum Gasteiger partial charge on any atom is -0.485 e. The second kappa shape index (κ2) is 10.4. The zero-order valence-corrected chi connectivity index (χ0v) is 14.5. The maximum absolute atomic E-state index is 11.7. The Hall–Kier alpha value is -1.37. The number of ether oxygens (including phenoxy) is 1. The van der Waals surface area contributed by atoms with E-state index >= 15 is 0 Å². The number of hydrogen-bond donors (Lipinski definition) is 0. The predicted molar refractivity (Wildman–Crippen MR) is 91.1 cm³/mol. The quantitative estimate of drug-likeness (QED) is 0.261. The van der Waals surface area contributed by atoms with Crippen molar-refractivity contribution in [3.63, 3.8) is 0 Å². The van der Waals surface area contributed by atoms with Crippen LogP contribution in [0, 0.1) is 10.1 Å². The van der Waals surface area contributed by atoms with Gasteiger partial charge in [0.25, 0.3) is 0 Å².